The van der Waals surface area contributed by atoms with Crippen LogP contribution in [0.15, 0.2) is 38.7 Å². The summed E-state index contributed by atoms with van der Waals surface area (Å²) < 4.78 is 13.8. The lowest BCUT2D eigenvalue weighted by atomic mass is 9.82. The Hall–Kier alpha value is -2.15. The van der Waals surface area contributed by atoms with Gasteiger partial charge in [-0.2, -0.15) is 0 Å². The third-order valence-corrected chi connectivity index (χ3v) is 4.78. The molecule has 0 spiro atoms. The third kappa shape index (κ3) is 1.81. The minimum Gasteiger partial charge on any atom is -0.343 e. The first kappa shape index (κ1) is 13.5. The van der Waals surface area contributed by atoms with E-state index in [0.717, 1.165) is 5.70 Å². The number of rotatable bonds is 1. The number of carbonyl (C=O) groups excluding carboxylic acids is 1. The van der Waals surface area contributed by atoms with Crippen LogP contribution in [0.5, 0.6) is 0 Å². The van der Waals surface area contributed by atoms with Crippen molar-refractivity contribution in [3.05, 3.63) is 61.2 Å². The first-order chi connectivity index (χ1) is 10.6. The fourth-order valence-corrected chi connectivity index (χ4v) is 3.60. The van der Waals surface area contributed by atoms with E-state index in [-0.39, 0.29) is 17.2 Å². The van der Waals surface area contributed by atoms with Crippen molar-refractivity contribution in [2.45, 2.75) is 18.8 Å². The van der Waals surface area contributed by atoms with Gasteiger partial charge < -0.3 is 5.32 Å². The van der Waals surface area contributed by atoms with Gasteiger partial charge in [-0.05, 0) is 40.0 Å². The lowest BCUT2D eigenvalue weighted by molar-refractivity contribution is -0.115. The first-order valence-electron chi connectivity index (χ1n) is 6.85. The van der Waals surface area contributed by atoms with Gasteiger partial charge in [0.15, 0.2) is 5.78 Å². The van der Waals surface area contributed by atoms with Gasteiger partial charge in [0.25, 0.3) is 5.56 Å². The van der Waals surface area contributed by atoms with Gasteiger partial charge in [0.1, 0.15) is 11.6 Å². The number of Topliss-reactive ketones (excluding diaryl/α,β-unsaturated/α-hetero) is 1. The smallest absolute Gasteiger partial charge is 0.270 e. The molecule has 7 heteroatoms. The molecule has 0 bridgehead atoms. The molecule has 5 nitrogen and oxygen atoms in total. The zero-order valence-corrected chi connectivity index (χ0v) is 12.9. The summed E-state index contributed by atoms with van der Waals surface area (Å²) in [5.74, 6) is -0.260. The number of halogens is 2. The van der Waals surface area contributed by atoms with E-state index in [2.05, 4.69) is 31.4 Å². The molecule has 3 N–H and O–H groups in total. The molecule has 0 fully saturated rings. The number of allylic oxidation sites excluding steroid dienone is 2. The number of nitrogens with one attached hydrogen (secondary N) is 3. The average Bonchev–Trinajstić information content (AvgIpc) is 3.05. The molecule has 2 aromatic rings. The van der Waals surface area contributed by atoms with E-state index in [9.17, 15) is 14.0 Å². The SMILES string of the molecule is O=C1CCC2=C1C(c1ccc(F)c(Br)c1)c1c([nH][nH]c1=O)N2. The van der Waals surface area contributed by atoms with Crippen molar-refractivity contribution in [1.82, 2.24) is 10.2 Å². The summed E-state index contributed by atoms with van der Waals surface area (Å²) >= 11 is 3.16. The molecule has 1 aliphatic heterocycles. The van der Waals surface area contributed by atoms with E-state index < -0.39 is 5.92 Å². The molecule has 22 heavy (non-hydrogen) atoms. The summed E-state index contributed by atoms with van der Waals surface area (Å²) in [6.07, 6.45) is 1.05. The Morgan fingerprint density at radius 2 is 2.00 bits per heavy atom. The molecule has 1 atom stereocenters. The normalized spacial score (nSPS) is 19.9. The predicted molar refractivity (Wildman–Crippen MR) is 82.2 cm³/mol. The topological polar surface area (TPSA) is 77.8 Å². The molecule has 4 rings (SSSR count). The number of H-pyrrole nitrogens is 2. The van der Waals surface area contributed by atoms with E-state index in [4.69, 9.17) is 0 Å². The van der Waals surface area contributed by atoms with Crippen molar-refractivity contribution in [2.24, 2.45) is 0 Å². The second-order valence-electron chi connectivity index (χ2n) is 5.41. The lowest BCUT2D eigenvalue weighted by Crippen LogP contribution is -2.23. The van der Waals surface area contributed by atoms with Crippen molar-refractivity contribution in [1.29, 1.82) is 0 Å². The van der Waals surface area contributed by atoms with Crippen LogP contribution in [0.1, 0.15) is 29.9 Å². The molecular weight excluding hydrogens is 353 g/mol. The Labute approximate surface area is 132 Å². The van der Waals surface area contributed by atoms with Gasteiger partial charge in [0, 0.05) is 23.6 Å². The monoisotopic (exact) mass is 363 g/mol. The van der Waals surface area contributed by atoms with Crippen LogP contribution >= 0.6 is 15.9 Å². The maximum Gasteiger partial charge on any atom is 0.270 e. The zero-order chi connectivity index (χ0) is 15.4. The number of aromatic nitrogens is 2. The van der Waals surface area contributed by atoms with Gasteiger partial charge in [0.05, 0.1) is 10.0 Å². The summed E-state index contributed by atoms with van der Waals surface area (Å²) in [7, 11) is 0. The molecule has 1 aromatic heterocycles. The molecule has 112 valence electrons. The summed E-state index contributed by atoms with van der Waals surface area (Å²) in [6.45, 7) is 0. The Bertz CT molecular complexity index is 896. The van der Waals surface area contributed by atoms with E-state index in [1.807, 2.05) is 0 Å². The highest BCUT2D eigenvalue weighted by Gasteiger charge is 2.39. The van der Waals surface area contributed by atoms with E-state index in [1.165, 1.54) is 6.07 Å². The third-order valence-electron chi connectivity index (χ3n) is 4.17. The fraction of sp³-hybridized carbons (Fsp3) is 0.200. The molecular formula is C15H11BrFN3O2. The van der Waals surface area contributed by atoms with Gasteiger partial charge in [-0.3, -0.25) is 19.8 Å². The quantitative estimate of drug-likeness (QED) is 0.728. The standard InChI is InChI=1S/C15H11BrFN3O2/c16-7-5-6(1-2-8(7)17)11-12-9(3-4-10(12)21)18-14-13(11)15(22)20-19-14/h1-2,5,11H,3-4H2,(H3,18,19,20,22). The minimum absolute atomic E-state index is 0.0270. The number of anilines is 1. The van der Waals surface area contributed by atoms with Crippen molar-refractivity contribution in [2.75, 3.05) is 5.32 Å². The molecule has 2 heterocycles. The predicted octanol–water partition coefficient (Wildman–Crippen LogP) is 2.78. The Balaban J connectivity index is 1.97. The van der Waals surface area contributed by atoms with E-state index >= 15 is 0 Å². The molecule has 0 radical (unpaired) electrons. The largest absolute Gasteiger partial charge is 0.343 e. The summed E-state index contributed by atoms with van der Waals surface area (Å²) in [4.78, 5) is 24.4. The fourth-order valence-electron chi connectivity index (χ4n) is 3.20. The van der Waals surface area contributed by atoms with Crippen LogP contribution in [0.2, 0.25) is 0 Å². The maximum absolute atomic E-state index is 13.5. The Kier molecular flexibility index (Phi) is 2.87. The Morgan fingerprint density at radius 1 is 1.18 bits per heavy atom. The molecule has 0 amide bonds. The maximum atomic E-state index is 13.5. The number of fused-ring (bicyclic) bond motifs is 1. The van der Waals surface area contributed by atoms with Crippen LogP contribution in [0.4, 0.5) is 10.2 Å². The van der Waals surface area contributed by atoms with Gasteiger partial charge in [-0.25, -0.2) is 4.39 Å². The number of aromatic amines is 2. The van der Waals surface area contributed by atoms with Crippen LogP contribution in [-0.4, -0.2) is 16.0 Å². The summed E-state index contributed by atoms with van der Waals surface area (Å²) in [5.41, 5.74) is 2.34. The van der Waals surface area contributed by atoms with Gasteiger partial charge >= 0.3 is 0 Å². The number of benzene rings is 1. The van der Waals surface area contributed by atoms with Gasteiger partial charge in [0.2, 0.25) is 0 Å². The number of hydrogen-bond acceptors (Lipinski definition) is 3. The summed E-state index contributed by atoms with van der Waals surface area (Å²) in [6, 6.07) is 4.57. The summed E-state index contributed by atoms with van der Waals surface area (Å²) in [5, 5.41) is 8.46. The molecule has 0 saturated heterocycles. The highest BCUT2D eigenvalue weighted by atomic mass is 79.9. The minimum atomic E-state index is -0.479. The number of hydrogen-bond donors (Lipinski definition) is 3. The lowest BCUT2D eigenvalue weighted by Gasteiger charge is -2.25. The van der Waals surface area contributed by atoms with Crippen LogP contribution in [-0.2, 0) is 4.79 Å². The number of carbonyl (C=O) groups is 1. The van der Waals surface area contributed by atoms with Gasteiger partial charge in [-0.15, -0.1) is 0 Å². The highest BCUT2D eigenvalue weighted by Crippen LogP contribution is 2.44. The van der Waals surface area contributed by atoms with Crippen molar-refractivity contribution < 1.29 is 9.18 Å². The second-order valence-corrected chi connectivity index (χ2v) is 6.27. The molecule has 1 unspecified atom stereocenters. The first-order valence-corrected chi connectivity index (χ1v) is 7.64. The van der Waals surface area contributed by atoms with Crippen LogP contribution < -0.4 is 10.9 Å². The molecule has 2 aliphatic rings. The van der Waals surface area contributed by atoms with Crippen LogP contribution in [0.25, 0.3) is 0 Å². The molecule has 0 saturated carbocycles. The van der Waals surface area contributed by atoms with Crippen LogP contribution in [0, 0.1) is 5.82 Å². The second kappa shape index (κ2) is 4.67. The van der Waals surface area contributed by atoms with Gasteiger partial charge in [-0.1, -0.05) is 6.07 Å². The zero-order valence-electron chi connectivity index (χ0n) is 11.3. The Morgan fingerprint density at radius 3 is 2.77 bits per heavy atom. The average molecular weight is 364 g/mol. The number of ketones is 1. The van der Waals surface area contributed by atoms with Crippen molar-refractivity contribution in [3.63, 3.8) is 0 Å². The molecule has 1 aliphatic carbocycles. The van der Waals surface area contributed by atoms with Crippen LogP contribution in [0.3, 0.4) is 0 Å². The van der Waals surface area contributed by atoms with E-state index in [0.29, 0.717) is 39.8 Å². The molecule has 1 aromatic carbocycles. The highest BCUT2D eigenvalue weighted by molar-refractivity contribution is 9.10. The van der Waals surface area contributed by atoms with E-state index in [1.54, 1.807) is 12.1 Å². The van der Waals surface area contributed by atoms with Crippen molar-refractivity contribution >= 4 is 27.5 Å². The van der Waals surface area contributed by atoms with Crippen molar-refractivity contribution in [3.8, 4) is 0 Å².